The summed E-state index contributed by atoms with van der Waals surface area (Å²) in [6.45, 7) is 1.23. The van der Waals surface area contributed by atoms with Gasteiger partial charge in [0.05, 0.1) is 49.8 Å². The SMILES string of the molecule is CCCOC(=O)c1ccc(NC(=O)COC(=O)CCN2C(=O)c3c(Cl)c(Cl)c(Cl)c(Cl)c3C2=O)cc1. The van der Waals surface area contributed by atoms with Crippen molar-refractivity contribution in [1.29, 1.82) is 0 Å². The Morgan fingerprint density at radius 1 is 0.861 bits per heavy atom. The van der Waals surface area contributed by atoms with E-state index in [1.807, 2.05) is 6.92 Å². The summed E-state index contributed by atoms with van der Waals surface area (Å²) < 4.78 is 9.93. The molecule has 0 aromatic heterocycles. The standard InChI is InChI=1S/C23H18Cl4N2O7/c1-2-9-35-23(34)11-3-5-12(6-4-11)28-13(30)10-36-14(31)7-8-29-21(32)15-16(22(29)33)18(25)20(27)19(26)17(15)24/h3-6H,2,7-10H2,1H3,(H,28,30). The van der Waals surface area contributed by atoms with Gasteiger partial charge in [-0.25, -0.2) is 4.79 Å². The van der Waals surface area contributed by atoms with Crippen molar-refractivity contribution in [3.8, 4) is 0 Å². The van der Waals surface area contributed by atoms with Crippen LogP contribution in [0.5, 0.6) is 0 Å². The maximum atomic E-state index is 12.7. The van der Waals surface area contributed by atoms with Gasteiger partial charge in [-0.2, -0.15) is 0 Å². The highest BCUT2D eigenvalue weighted by atomic mass is 35.5. The zero-order valence-corrected chi connectivity index (χ0v) is 21.7. The number of halogens is 4. The molecule has 13 heteroatoms. The Hall–Kier alpha value is -2.85. The van der Waals surface area contributed by atoms with Crippen LogP contribution in [0.1, 0.15) is 50.8 Å². The number of nitrogens with one attached hydrogen (secondary N) is 1. The van der Waals surface area contributed by atoms with Crippen molar-refractivity contribution in [2.75, 3.05) is 25.1 Å². The summed E-state index contributed by atoms with van der Waals surface area (Å²) in [5.41, 5.74) is 0.310. The maximum Gasteiger partial charge on any atom is 0.338 e. The molecule has 3 rings (SSSR count). The molecule has 1 heterocycles. The molecule has 0 fully saturated rings. The van der Waals surface area contributed by atoms with E-state index in [-0.39, 0.29) is 44.2 Å². The second kappa shape index (κ2) is 11.9. The predicted molar refractivity (Wildman–Crippen MR) is 133 cm³/mol. The zero-order valence-electron chi connectivity index (χ0n) is 18.7. The van der Waals surface area contributed by atoms with Crippen LogP contribution in [0.3, 0.4) is 0 Å². The van der Waals surface area contributed by atoms with E-state index < -0.39 is 36.3 Å². The molecule has 1 N–H and O–H groups in total. The molecule has 0 unspecified atom stereocenters. The molecular formula is C23H18Cl4N2O7. The van der Waals surface area contributed by atoms with Crippen LogP contribution in [0, 0.1) is 0 Å². The first-order valence-corrected chi connectivity index (χ1v) is 12.0. The van der Waals surface area contributed by atoms with Crippen LogP contribution in [-0.4, -0.2) is 54.3 Å². The van der Waals surface area contributed by atoms with Gasteiger partial charge in [0.1, 0.15) is 0 Å². The number of nitrogens with zero attached hydrogens (tertiary/aromatic N) is 1. The van der Waals surface area contributed by atoms with Gasteiger partial charge in [-0.3, -0.25) is 24.1 Å². The van der Waals surface area contributed by atoms with E-state index in [0.29, 0.717) is 24.3 Å². The van der Waals surface area contributed by atoms with E-state index in [2.05, 4.69) is 5.32 Å². The number of hydrogen-bond acceptors (Lipinski definition) is 7. The summed E-state index contributed by atoms with van der Waals surface area (Å²) >= 11 is 24.1. The van der Waals surface area contributed by atoms with E-state index in [0.717, 1.165) is 4.90 Å². The number of carbonyl (C=O) groups excluding carboxylic acids is 5. The van der Waals surface area contributed by atoms with Gasteiger partial charge in [0, 0.05) is 12.2 Å². The fourth-order valence-corrected chi connectivity index (χ4v) is 4.20. The largest absolute Gasteiger partial charge is 0.462 e. The number of carbonyl (C=O) groups is 5. The van der Waals surface area contributed by atoms with Gasteiger partial charge in [-0.15, -0.1) is 0 Å². The number of fused-ring (bicyclic) bond motifs is 1. The molecule has 190 valence electrons. The van der Waals surface area contributed by atoms with Crippen molar-refractivity contribution in [3.63, 3.8) is 0 Å². The van der Waals surface area contributed by atoms with Crippen LogP contribution >= 0.6 is 46.4 Å². The normalized spacial score (nSPS) is 12.4. The monoisotopic (exact) mass is 574 g/mol. The van der Waals surface area contributed by atoms with E-state index in [4.69, 9.17) is 55.9 Å². The molecule has 0 saturated carbocycles. The first kappa shape index (κ1) is 27.7. The highest BCUT2D eigenvalue weighted by molar-refractivity contribution is 6.55. The van der Waals surface area contributed by atoms with Gasteiger partial charge in [0.15, 0.2) is 6.61 Å². The lowest BCUT2D eigenvalue weighted by molar-refractivity contribution is -0.147. The summed E-state index contributed by atoms with van der Waals surface area (Å²) in [6, 6.07) is 5.97. The molecule has 0 bridgehead atoms. The highest BCUT2D eigenvalue weighted by Gasteiger charge is 2.41. The van der Waals surface area contributed by atoms with Gasteiger partial charge in [-0.1, -0.05) is 53.3 Å². The fourth-order valence-electron chi connectivity index (χ4n) is 3.18. The Bertz CT molecular complexity index is 1200. The van der Waals surface area contributed by atoms with Crippen molar-refractivity contribution >= 4 is 81.8 Å². The molecule has 1 aliphatic heterocycles. The summed E-state index contributed by atoms with van der Waals surface area (Å²) in [6.07, 6.45) is 0.313. The van der Waals surface area contributed by atoms with Crippen molar-refractivity contribution in [2.24, 2.45) is 0 Å². The topological polar surface area (TPSA) is 119 Å². The molecule has 2 aromatic carbocycles. The van der Waals surface area contributed by atoms with Gasteiger partial charge in [0.2, 0.25) is 0 Å². The van der Waals surface area contributed by atoms with Crippen molar-refractivity contribution in [3.05, 3.63) is 61.0 Å². The number of rotatable bonds is 9. The second-order valence-corrected chi connectivity index (χ2v) is 8.95. The number of hydrogen-bond donors (Lipinski definition) is 1. The Morgan fingerprint density at radius 3 is 1.94 bits per heavy atom. The molecule has 1 aliphatic rings. The molecule has 0 spiro atoms. The molecule has 3 amide bonds. The molecule has 2 aromatic rings. The fraction of sp³-hybridized carbons (Fsp3) is 0.261. The van der Waals surface area contributed by atoms with E-state index in [1.165, 1.54) is 24.3 Å². The van der Waals surface area contributed by atoms with Crippen LogP contribution in [0.15, 0.2) is 24.3 Å². The molecule has 0 aliphatic carbocycles. The Morgan fingerprint density at radius 2 is 1.42 bits per heavy atom. The predicted octanol–water partition coefficient (Wildman–Crippen LogP) is 5.04. The van der Waals surface area contributed by atoms with Crippen LogP contribution in [0.25, 0.3) is 0 Å². The van der Waals surface area contributed by atoms with Crippen LogP contribution in [0.4, 0.5) is 5.69 Å². The zero-order chi connectivity index (χ0) is 26.6. The molecule has 36 heavy (non-hydrogen) atoms. The Balaban J connectivity index is 1.50. The lowest BCUT2D eigenvalue weighted by Gasteiger charge is -2.13. The van der Waals surface area contributed by atoms with Crippen LogP contribution in [0.2, 0.25) is 20.1 Å². The van der Waals surface area contributed by atoms with E-state index >= 15 is 0 Å². The summed E-state index contributed by atoms with van der Waals surface area (Å²) in [4.78, 5) is 62.1. The average molecular weight is 576 g/mol. The summed E-state index contributed by atoms with van der Waals surface area (Å²) in [5.74, 6) is -3.50. The molecule has 9 nitrogen and oxygen atoms in total. The third-order valence-electron chi connectivity index (χ3n) is 4.93. The Labute approximate surface area is 225 Å². The lowest BCUT2D eigenvalue weighted by atomic mass is 10.1. The van der Waals surface area contributed by atoms with E-state index in [9.17, 15) is 24.0 Å². The number of ether oxygens (including phenoxy) is 2. The number of esters is 2. The van der Waals surface area contributed by atoms with Crippen molar-refractivity contribution < 1.29 is 33.4 Å². The molecule has 0 atom stereocenters. The van der Waals surface area contributed by atoms with Gasteiger partial charge in [0.25, 0.3) is 17.7 Å². The third-order valence-corrected chi connectivity index (χ3v) is 6.73. The lowest BCUT2D eigenvalue weighted by Crippen LogP contribution is -2.32. The van der Waals surface area contributed by atoms with Gasteiger partial charge in [-0.05, 0) is 30.7 Å². The average Bonchev–Trinajstić information content (AvgIpc) is 3.11. The minimum Gasteiger partial charge on any atom is -0.462 e. The van der Waals surface area contributed by atoms with Crippen molar-refractivity contribution in [1.82, 2.24) is 4.90 Å². The number of imide groups is 1. The molecule has 0 saturated heterocycles. The minimum atomic E-state index is -0.830. The molecule has 0 radical (unpaired) electrons. The second-order valence-electron chi connectivity index (χ2n) is 7.44. The first-order chi connectivity index (χ1) is 17.1. The number of benzene rings is 2. The summed E-state index contributed by atoms with van der Waals surface area (Å²) in [5, 5.41) is 1.75. The number of amides is 3. The smallest absolute Gasteiger partial charge is 0.338 e. The third kappa shape index (κ3) is 5.92. The van der Waals surface area contributed by atoms with Gasteiger partial charge >= 0.3 is 11.9 Å². The maximum absolute atomic E-state index is 12.7. The quantitative estimate of drug-likeness (QED) is 0.193. The minimum absolute atomic E-state index is 0.165. The van der Waals surface area contributed by atoms with Crippen molar-refractivity contribution in [2.45, 2.75) is 19.8 Å². The number of anilines is 1. The first-order valence-electron chi connectivity index (χ1n) is 10.5. The van der Waals surface area contributed by atoms with Crippen LogP contribution in [-0.2, 0) is 19.1 Å². The molecular weight excluding hydrogens is 558 g/mol. The van der Waals surface area contributed by atoms with Gasteiger partial charge < -0.3 is 14.8 Å². The Kier molecular flexibility index (Phi) is 9.19. The summed E-state index contributed by atoms with van der Waals surface area (Å²) in [7, 11) is 0. The van der Waals surface area contributed by atoms with Crippen LogP contribution < -0.4 is 5.32 Å². The highest BCUT2D eigenvalue weighted by Crippen LogP contribution is 2.44. The van der Waals surface area contributed by atoms with E-state index in [1.54, 1.807) is 0 Å².